The van der Waals surface area contributed by atoms with E-state index < -0.39 is 11.7 Å². The van der Waals surface area contributed by atoms with Crippen molar-refractivity contribution in [3.8, 4) is 0 Å². The lowest BCUT2D eigenvalue weighted by molar-refractivity contribution is -0.112. The van der Waals surface area contributed by atoms with Crippen molar-refractivity contribution < 1.29 is 9.59 Å². The Hall–Kier alpha value is -1.25. The lowest BCUT2D eigenvalue weighted by atomic mass is 10.1. The summed E-state index contributed by atoms with van der Waals surface area (Å²) < 4.78 is 5.68. The lowest BCUT2D eigenvalue weighted by Gasteiger charge is -2.04. The number of fused-ring (bicyclic) bond motifs is 1. The maximum atomic E-state index is 11.6. The van der Waals surface area contributed by atoms with Crippen molar-refractivity contribution in [2.45, 2.75) is 16.2 Å². The van der Waals surface area contributed by atoms with E-state index >= 15 is 0 Å². The van der Waals surface area contributed by atoms with Crippen LogP contribution in [0.2, 0.25) is 0 Å². The Morgan fingerprint density at radius 2 is 2.16 bits per heavy atom. The Balaban J connectivity index is 1.98. The highest BCUT2D eigenvalue weighted by Crippen LogP contribution is 2.39. The molecular formula is C11H6BrN3O2S2. The predicted octanol–water partition coefficient (Wildman–Crippen LogP) is 2.90. The van der Waals surface area contributed by atoms with Crippen LogP contribution in [0.25, 0.3) is 0 Å². The number of hydrogen-bond acceptors (Lipinski definition) is 6. The third-order valence-electron chi connectivity index (χ3n) is 2.48. The highest BCUT2D eigenvalue weighted by molar-refractivity contribution is 9.10. The smallest absolute Gasteiger partial charge is 0.296 e. The van der Waals surface area contributed by atoms with Crippen molar-refractivity contribution >= 4 is 56.6 Å². The Labute approximate surface area is 125 Å². The van der Waals surface area contributed by atoms with E-state index in [1.54, 1.807) is 12.1 Å². The minimum absolute atomic E-state index is 0.398. The van der Waals surface area contributed by atoms with Crippen LogP contribution in [0.4, 0.5) is 5.69 Å². The summed E-state index contributed by atoms with van der Waals surface area (Å²) in [5.74, 6) is -0.358. The van der Waals surface area contributed by atoms with Crippen LogP contribution in [0.5, 0.6) is 0 Å². The molecule has 0 unspecified atom stereocenters. The van der Waals surface area contributed by atoms with Crippen LogP contribution in [0.3, 0.4) is 0 Å². The number of aryl methyl sites for hydroxylation is 1. The molecule has 1 aliphatic rings. The van der Waals surface area contributed by atoms with E-state index in [-0.39, 0.29) is 0 Å². The van der Waals surface area contributed by atoms with Gasteiger partial charge in [0.25, 0.3) is 11.7 Å². The molecule has 0 bridgehead atoms. The van der Waals surface area contributed by atoms with Gasteiger partial charge in [-0.3, -0.25) is 9.59 Å². The molecule has 1 amide bonds. The molecule has 0 spiro atoms. The molecule has 1 N–H and O–H groups in total. The number of carbonyl (C=O) groups is 2. The minimum atomic E-state index is -0.587. The summed E-state index contributed by atoms with van der Waals surface area (Å²) in [5.41, 5.74) is 0.941. The standard InChI is InChI=1S/C11H6BrN3O2S2/c1-4-13-11(19-15-4)18-8-3-7-5(2-6(8)12)9(16)10(17)14-7/h2-3H,1H3,(H,14,16,17). The number of nitrogens with one attached hydrogen (secondary N) is 1. The normalized spacial score (nSPS) is 13.6. The summed E-state index contributed by atoms with van der Waals surface area (Å²) in [6.07, 6.45) is 0. The van der Waals surface area contributed by atoms with Crippen LogP contribution >= 0.6 is 39.2 Å². The number of Topliss-reactive ketones (excluding diaryl/α,β-unsaturated/α-hetero) is 1. The number of hydrogen-bond donors (Lipinski definition) is 1. The van der Waals surface area contributed by atoms with Crippen LogP contribution in [-0.2, 0) is 4.79 Å². The predicted molar refractivity (Wildman–Crippen MR) is 75.9 cm³/mol. The number of amides is 1. The number of benzene rings is 1. The molecule has 96 valence electrons. The fraction of sp³-hybridized carbons (Fsp3) is 0.0909. The molecule has 3 rings (SSSR count). The zero-order chi connectivity index (χ0) is 13.6. The summed E-state index contributed by atoms with van der Waals surface area (Å²) in [5, 5.41) is 2.55. The third kappa shape index (κ3) is 2.31. The Morgan fingerprint density at radius 1 is 1.37 bits per heavy atom. The fourth-order valence-electron chi connectivity index (χ4n) is 1.64. The van der Waals surface area contributed by atoms with Gasteiger partial charge in [0.05, 0.1) is 11.3 Å². The van der Waals surface area contributed by atoms with Crippen molar-refractivity contribution in [1.82, 2.24) is 9.36 Å². The average Bonchev–Trinajstić information content (AvgIpc) is 2.87. The first kappa shape index (κ1) is 12.8. The summed E-state index contributed by atoms with van der Waals surface area (Å²) in [4.78, 5) is 28.0. The second-order valence-electron chi connectivity index (χ2n) is 3.82. The van der Waals surface area contributed by atoms with Gasteiger partial charge in [0.2, 0.25) is 0 Å². The van der Waals surface area contributed by atoms with Crippen LogP contribution in [-0.4, -0.2) is 21.0 Å². The first-order valence-electron chi connectivity index (χ1n) is 5.22. The molecule has 0 radical (unpaired) electrons. The molecule has 1 aromatic heterocycles. The number of carbonyl (C=O) groups excluding carboxylic acids is 2. The summed E-state index contributed by atoms with van der Waals surface area (Å²) in [7, 11) is 0. The van der Waals surface area contributed by atoms with Gasteiger partial charge in [-0.15, -0.1) is 0 Å². The number of rotatable bonds is 2. The van der Waals surface area contributed by atoms with E-state index in [1.165, 1.54) is 23.3 Å². The molecule has 0 aliphatic carbocycles. The molecule has 1 aromatic carbocycles. The number of halogens is 1. The van der Waals surface area contributed by atoms with Crippen molar-refractivity contribution in [3.63, 3.8) is 0 Å². The maximum Gasteiger partial charge on any atom is 0.296 e. The van der Waals surface area contributed by atoms with Gasteiger partial charge in [0.15, 0.2) is 4.34 Å². The van der Waals surface area contributed by atoms with E-state index in [9.17, 15) is 9.59 Å². The third-order valence-corrected chi connectivity index (χ3v) is 5.30. The van der Waals surface area contributed by atoms with Crippen LogP contribution in [0.1, 0.15) is 16.2 Å². The first-order chi connectivity index (χ1) is 9.04. The molecule has 5 nitrogen and oxygen atoms in total. The number of anilines is 1. The van der Waals surface area contributed by atoms with E-state index in [4.69, 9.17) is 0 Å². The highest BCUT2D eigenvalue weighted by atomic mass is 79.9. The van der Waals surface area contributed by atoms with Crippen molar-refractivity contribution in [2.24, 2.45) is 0 Å². The minimum Gasteiger partial charge on any atom is -0.318 e. The molecule has 2 heterocycles. The molecule has 19 heavy (non-hydrogen) atoms. The van der Waals surface area contributed by atoms with Gasteiger partial charge in [0.1, 0.15) is 5.82 Å². The van der Waals surface area contributed by atoms with E-state index in [0.717, 1.165) is 19.5 Å². The lowest BCUT2D eigenvalue weighted by Crippen LogP contribution is -2.12. The van der Waals surface area contributed by atoms with Gasteiger partial charge in [-0.1, -0.05) is 11.8 Å². The molecule has 0 saturated carbocycles. The average molecular weight is 356 g/mol. The van der Waals surface area contributed by atoms with Gasteiger partial charge >= 0.3 is 0 Å². The SMILES string of the molecule is Cc1nsc(Sc2cc3c(cc2Br)C(=O)C(=O)N3)n1. The Bertz CT molecular complexity index is 714. The molecule has 0 fully saturated rings. The van der Waals surface area contributed by atoms with Crippen LogP contribution in [0, 0.1) is 6.92 Å². The zero-order valence-electron chi connectivity index (χ0n) is 9.56. The zero-order valence-corrected chi connectivity index (χ0v) is 12.8. The summed E-state index contributed by atoms with van der Waals surface area (Å²) in [6.45, 7) is 1.83. The van der Waals surface area contributed by atoms with Gasteiger partial charge in [-0.25, -0.2) is 4.98 Å². The molecule has 0 atom stereocenters. The number of aromatic nitrogens is 2. The van der Waals surface area contributed by atoms with Crippen molar-refractivity contribution in [2.75, 3.05) is 5.32 Å². The number of nitrogens with zero attached hydrogens (tertiary/aromatic N) is 2. The van der Waals surface area contributed by atoms with Crippen LogP contribution in [0.15, 0.2) is 25.8 Å². The van der Waals surface area contributed by atoms with Gasteiger partial charge in [-0.2, -0.15) is 4.37 Å². The Morgan fingerprint density at radius 3 is 2.84 bits per heavy atom. The van der Waals surface area contributed by atoms with E-state index in [1.807, 2.05) is 6.92 Å². The fourth-order valence-corrected chi connectivity index (χ4v) is 3.88. The van der Waals surface area contributed by atoms with Crippen molar-refractivity contribution in [1.29, 1.82) is 0 Å². The van der Waals surface area contributed by atoms with E-state index in [0.29, 0.717) is 11.3 Å². The quantitative estimate of drug-likeness (QED) is 0.838. The summed E-state index contributed by atoms with van der Waals surface area (Å²) in [6, 6.07) is 3.43. The second kappa shape index (κ2) is 4.69. The van der Waals surface area contributed by atoms with Crippen molar-refractivity contribution in [3.05, 3.63) is 28.0 Å². The molecule has 2 aromatic rings. The molecular weight excluding hydrogens is 350 g/mol. The van der Waals surface area contributed by atoms with E-state index in [2.05, 4.69) is 30.6 Å². The van der Waals surface area contributed by atoms with Crippen LogP contribution < -0.4 is 5.32 Å². The molecule has 0 saturated heterocycles. The number of ketones is 1. The second-order valence-corrected chi connectivity index (χ2v) is 6.72. The summed E-state index contributed by atoms with van der Waals surface area (Å²) >= 11 is 6.16. The monoisotopic (exact) mass is 355 g/mol. The molecule has 8 heteroatoms. The first-order valence-corrected chi connectivity index (χ1v) is 7.60. The van der Waals surface area contributed by atoms with Gasteiger partial charge in [-0.05, 0) is 46.5 Å². The van der Waals surface area contributed by atoms with Gasteiger partial charge in [0, 0.05) is 9.37 Å². The molecule has 1 aliphatic heterocycles. The Kier molecular flexibility index (Phi) is 3.15. The maximum absolute atomic E-state index is 11.6. The topological polar surface area (TPSA) is 72.0 Å². The largest absolute Gasteiger partial charge is 0.318 e. The highest BCUT2D eigenvalue weighted by Gasteiger charge is 2.29. The van der Waals surface area contributed by atoms with Gasteiger partial charge < -0.3 is 5.32 Å².